The van der Waals surface area contributed by atoms with Crippen LogP contribution in [-0.4, -0.2) is 32.7 Å². The number of nitrogens with zero attached hydrogens (tertiary/aromatic N) is 4. The van der Waals surface area contributed by atoms with E-state index in [1.54, 1.807) is 36.4 Å². The van der Waals surface area contributed by atoms with Crippen LogP contribution in [0, 0.1) is 6.92 Å². The molecule has 1 amide bonds. The third-order valence-electron chi connectivity index (χ3n) is 3.28. The van der Waals surface area contributed by atoms with E-state index >= 15 is 0 Å². The minimum absolute atomic E-state index is 0.141. The lowest BCUT2D eigenvalue weighted by Gasteiger charge is -2.11. The van der Waals surface area contributed by atoms with Crippen molar-refractivity contribution in [3.05, 3.63) is 59.4 Å². The molecule has 0 fully saturated rings. The standard InChI is InChI=1S/C16H14ClN5O2/c1-11-6-7-12(8-14(11)22-10-18-20-21-22)19-16(23)9-24-15-5-3-2-4-13(15)17/h2-8,10H,9H2,1H3,(H,19,23). The highest BCUT2D eigenvalue weighted by Crippen LogP contribution is 2.23. The maximum absolute atomic E-state index is 12.1. The van der Waals surface area contributed by atoms with Crippen molar-refractivity contribution in [2.24, 2.45) is 0 Å². The number of para-hydroxylation sites is 1. The number of carbonyl (C=O) groups is 1. The lowest BCUT2D eigenvalue weighted by molar-refractivity contribution is -0.118. The Kier molecular flexibility index (Phi) is 4.72. The lowest BCUT2D eigenvalue weighted by atomic mass is 10.2. The number of carbonyl (C=O) groups excluding carboxylic acids is 1. The van der Waals surface area contributed by atoms with Gasteiger partial charge in [-0.3, -0.25) is 4.79 Å². The molecule has 0 aliphatic heterocycles. The average molecular weight is 344 g/mol. The highest BCUT2D eigenvalue weighted by molar-refractivity contribution is 6.32. The first-order valence-electron chi connectivity index (χ1n) is 7.14. The molecule has 0 atom stereocenters. The van der Waals surface area contributed by atoms with E-state index in [1.807, 2.05) is 13.0 Å². The summed E-state index contributed by atoms with van der Waals surface area (Å²) in [7, 11) is 0. The number of ether oxygens (including phenoxy) is 1. The first-order valence-corrected chi connectivity index (χ1v) is 7.52. The Morgan fingerprint density at radius 2 is 2.12 bits per heavy atom. The van der Waals surface area contributed by atoms with Crippen LogP contribution >= 0.6 is 11.6 Å². The highest BCUT2D eigenvalue weighted by atomic mass is 35.5. The van der Waals surface area contributed by atoms with Crippen molar-refractivity contribution in [1.29, 1.82) is 0 Å². The van der Waals surface area contributed by atoms with Crippen molar-refractivity contribution in [2.75, 3.05) is 11.9 Å². The SMILES string of the molecule is Cc1ccc(NC(=O)COc2ccccc2Cl)cc1-n1cnnn1. The van der Waals surface area contributed by atoms with Crippen molar-refractivity contribution in [2.45, 2.75) is 6.92 Å². The largest absolute Gasteiger partial charge is 0.482 e. The molecule has 3 aromatic rings. The van der Waals surface area contributed by atoms with E-state index < -0.39 is 0 Å². The minimum Gasteiger partial charge on any atom is -0.482 e. The molecule has 0 spiro atoms. The second kappa shape index (κ2) is 7.10. The van der Waals surface area contributed by atoms with E-state index in [1.165, 1.54) is 11.0 Å². The summed E-state index contributed by atoms with van der Waals surface area (Å²) in [6.45, 7) is 1.79. The molecule has 1 heterocycles. The summed E-state index contributed by atoms with van der Waals surface area (Å²) in [5.74, 6) is 0.175. The molecule has 0 aliphatic carbocycles. The molecule has 0 aliphatic rings. The van der Waals surface area contributed by atoms with Gasteiger partial charge >= 0.3 is 0 Å². The van der Waals surface area contributed by atoms with Crippen molar-refractivity contribution >= 4 is 23.2 Å². The fraction of sp³-hybridized carbons (Fsp3) is 0.125. The number of benzene rings is 2. The van der Waals surface area contributed by atoms with Gasteiger partial charge in [0.15, 0.2) is 6.61 Å². The van der Waals surface area contributed by atoms with Gasteiger partial charge in [-0.05, 0) is 47.2 Å². The second-order valence-electron chi connectivity index (χ2n) is 5.02. The zero-order valence-electron chi connectivity index (χ0n) is 12.8. The summed E-state index contributed by atoms with van der Waals surface area (Å²) in [6, 6.07) is 12.5. The summed E-state index contributed by atoms with van der Waals surface area (Å²) in [5.41, 5.74) is 2.39. The molecule has 122 valence electrons. The van der Waals surface area contributed by atoms with Gasteiger partial charge in [-0.2, -0.15) is 0 Å². The van der Waals surface area contributed by atoms with E-state index in [-0.39, 0.29) is 12.5 Å². The maximum atomic E-state index is 12.1. The number of amides is 1. The number of halogens is 1. The van der Waals surface area contributed by atoms with E-state index in [2.05, 4.69) is 20.8 Å². The maximum Gasteiger partial charge on any atom is 0.262 e. The van der Waals surface area contributed by atoms with Gasteiger partial charge in [-0.1, -0.05) is 29.8 Å². The lowest BCUT2D eigenvalue weighted by Crippen LogP contribution is -2.20. The third kappa shape index (κ3) is 3.69. The monoisotopic (exact) mass is 343 g/mol. The Balaban J connectivity index is 1.67. The van der Waals surface area contributed by atoms with Crippen LogP contribution in [0.2, 0.25) is 5.02 Å². The van der Waals surface area contributed by atoms with Crippen molar-refractivity contribution in [1.82, 2.24) is 20.2 Å². The molecule has 0 radical (unpaired) electrons. The molecular formula is C16H14ClN5O2. The van der Waals surface area contributed by atoms with Gasteiger partial charge in [0.25, 0.3) is 5.91 Å². The van der Waals surface area contributed by atoms with Crippen LogP contribution in [0.1, 0.15) is 5.56 Å². The van der Waals surface area contributed by atoms with Crippen LogP contribution in [-0.2, 0) is 4.79 Å². The highest BCUT2D eigenvalue weighted by Gasteiger charge is 2.09. The first kappa shape index (κ1) is 15.9. The van der Waals surface area contributed by atoms with Crippen LogP contribution in [0.5, 0.6) is 5.75 Å². The van der Waals surface area contributed by atoms with Gasteiger partial charge in [0.1, 0.15) is 12.1 Å². The molecule has 0 unspecified atom stereocenters. The first-order chi connectivity index (χ1) is 11.6. The predicted molar refractivity (Wildman–Crippen MR) is 89.5 cm³/mol. The van der Waals surface area contributed by atoms with Crippen LogP contribution in [0.25, 0.3) is 5.69 Å². The van der Waals surface area contributed by atoms with Gasteiger partial charge in [-0.15, -0.1) is 5.10 Å². The number of nitrogens with one attached hydrogen (secondary N) is 1. The molecule has 0 saturated carbocycles. The van der Waals surface area contributed by atoms with Gasteiger partial charge < -0.3 is 10.1 Å². The van der Waals surface area contributed by atoms with Gasteiger partial charge in [0, 0.05) is 5.69 Å². The number of hydrogen-bond acceptors (Lipinski definition) is 5. The van der Waals surface area contributed by atoms with Crippen LogP contribution < -0.4 is 10.1 Å². The fourth-order valence-electron chi connectivity index (χ4n) is 2.11. The number of tetrazole rings is 1. The molecule has 3 rings (SSSR count). The predicted octanol–water partition coefficient (Wildman–Crippen LogP) is 2.64. The number of aryl methyl sites for hydroxylation is 1. The quantitative estimate of drug-likeness (QED) is 0.770. The normalized spacial score (nSPS) is 10.4. The number of anilines is 1. The molecule has 1 aromatic heterocycles. The van der Waals surface area contributed by atoms with E-state index in [9.17, 15) is 4.79 Å². The van der Waals surface area contributed by atoms with E-state index in [0.717, 1.165) is 11.3 Å². The number of rotatable bonds is 5. The smallest absolute Gasteiger partial charge is 0.262 e. The molecule has 7 nitrogen and oxygen atoms in total. The molecule has 24 heavy (non-hydrogen) atoms. The topological polar surface area (TPSA) is 81.9 Å². The number of hydrogen-bond donors (Lipinski definition) is 1. The summed E-state index contributed by atoms with van der Waals surface area (Å²) >= 11 is 5.98. The van der Waals surface area contributed by atoms with Gasteiger partial charge in [0.05, 0.1) is 10.7 Å². The molecule has 0 bridgehead atoms. The van der Waals surface area contributed by atoms with Gasteiger partial charge in [0.2, 0.25) is 0 Å². The number of aromatic nitrogens is 4. The van der Waals surface area contributed by atoms with Crippen LogP contribution in [0.15, 0.2) is 48.8 Å². The Morgan fingerprint density at radius 1 is 1.29 bits per heavy atom. The molecule has 8 heteroatoms. The Hall–Kier alpha value is -2.93. The minimum atomic E-state index is -0.290. The summed E-state index contributed by atoms with van der Waals surface area (Å²) in [4.78, 5) is 12.1. The zero-order chi connectivity index (χ0) is 16.9. The van der Waals surface area contributed by atoms with Crippen molar-refractivity contribution in [3.63, 3.8) is 0 Å². The fourth-order valence-corrected chi connectivity index (χ4v) is 2.30. The molecular weight excluding hydrogens is 330 g/mol. The Bertz CT molecular complexity index is 851. The van der Waals surface area contributed by atoms with E-state index in [0.29, 0.717) is 16.5 Å². The third-order valence-corrected chi connectivity index (χ3v) is 3.60. The Morgan fingerprint density at radius 3 is 2.88 bits per heavy atom. The van der Waals surface area contributed by atoms with Crippen molar-refractivity contribution in [3.8, 4) is 11.4 Å². The summed E-state index contributed by atoms with van der Waals surface area (Å²) < 4.78 is 6.95. The summed E-state index contributed by atoms with van der Waals surface area (Å²) in [5, 5.41) is 14.3. The molecule has 1 N–H and O–H groups in total. The van der Waals surface area contributed by atoms with Crippen LogP contribution in [0.4, 0.5) is 5.69 Å². The van der Waals surface area contributed by atoms with Crippen molar-refractivity contribution < 1.29 is 9.53 Å². The average Bonchev–Trinajstić information content (AvgIpc) is 3.10. The van der Waals surface area contributed by atoms with Gasteiger partial charge in [-0.25, -0.2) is 4.68 Å². The second-order valence-corrected chi connectivity index (χ2v) is 5.43. The molecule has 2 aromatic carbocycles. The summed E-state index contributed by atoms with van der Waals surface area (Å²) in [6.07, 6.45) is 1.49. The Labute approximate surface area is 143 Å². The van der Waals surface area contributed by atoms with E-state index in [4.69, 9.17) is 16.3 Å². The molecule has 0 saturated heterocycles. The van der Waals surface area contributed by atoms with Crippen LogP contribution in [0.3, 0.4) is 0 Å². The zero-order valence-corrected chi connectivity index (χ0v) is 13.6.